The Labute approximate surface area is 127 Å². The van der Waals surface area contributed by atoms with Crippen molar-refractivity contribution in [1.82, 2.24) is 0 Å². The molecule has 1 unspecified atom stereocenters. The van der Waals surface area contributed by atoms with Gasteiger partial charge in [-0.15, -0.1) is 0 Å². The third-order valence-corrected chi connectivity index (χ3v) is 2.93. The van der Waals surface area contributed by atoms with E-state index in [9.17, 15) is 5.11 Å². The Hall–Kier alpha value is -1.14. The molecule has 0 saturated heterocycles. The van der Waals surface area contributed by atoms with Crippen LogP contribution in [0.3, 0.4) is 0 Å². The Balaban J connectivity index is 2.03. The number of hydrogen-bond acceptors (Lipinski definition) is 5. The summed E-state index contributed by atoms with van der Waals surface area (Å²) >= 11 is 0. The summed E-state index contributed by atoms with van der Waals surface area (Å²) in [4.78, 5) is 0. The van der Waals surface area contributed by atoms with Crippen LogP contribution in [-0.2, 0) is 16.0 Å². The molecule has 21 heavy (non-hydrogen) atoms. The number of ether oxygens (including phenoxy) is 3. The summed E-state index contributed by atoms with van der Waals surface area (Å²) in [5, 5.41) is 9.74. The van der Waals surface area contributed by atoms with E-state index in [1.165, 1.54) is 0 Å². The number of benzene rings is 1. The van der Waals surface area contributed by atoms with Gasteiger partial charge >= 0.3 is 0 Å². The van der Waals surface area contributed by atoms with Gasteiger partial charge in [-0.3, -0.25) is 0 Å². The van der Waals surface area contributed by atoms with E-state index >= 15 is 0 Å². The van der Waals surface area contributed by atoms with Crippen molar-refractivity contribution in [1.29, 1.82) is 0 Å². The smallest absolute Gasteiger partial charge is 0.119 e. The molecule has 1 aromatic rings. The van der Waals surface area contributed by atoms with E-state index in [1.807, 2.05) is 24.3 Å². The second kappa shape index (κ2) is 11.5. The van der Waals surface area contributed by atoms with Gasteiger partial charge in [0.15, 0.2) is 0 Å². The standard InChI is InChI=1S/C16H27NO4/c1-2-3-8-19-9-10-20-12-15(18)13-21-16-6-4-14(11-17)5-7-16/h4-7,15,18H,2-3,8-13,17H2,1H3. The van der Waals surface area contributed by atoms with Gasteiger partial charge in [0, 0.05) is 13.2 Å². The molecule has 0 heterocycles. The summed E-state index contributed by atoms with van der Waals surface area (Å²) in [5.74, 6) is 0.717. The van der Waals surface area contributed by atoms with Crippen molar-refractivity contribution in [3.8, 4) is 5.75 Å². The number of hydrogen-bond donors (Lipinski definition) is 2. The van der Waals surface area contributed by atoms with Gasteiger partial charge in [0.25, 0.3) is 0 Å². The van der Waals surface area contributed by atoms with E-state index in [1.54, 1.807) is 0 Å². The van der Waals surface area contributed by atoms with Crippen LogP contribution in [0.15, 0.2) is 24.3 Å². The Morgan fingerprint density at radius 3 is 2.43 bits per heavy atom. The summed E-state index contributed by atoms with van der Waals surface area (Å²) in [6.07, 6.45) is 1.55. The van der Waals surface area contributed by atoms with Crippen LogP contribution in [0.5, 0.6) is 5.75 Å². The number of aliphatic hydroxyl groups excluding tert-OH is 1. The van der Waals surface area contributed by atoms with Gasteiger partial charge in [-0.05, 0) is 24.1 Å². The van der Waals surface area contributed by atoms with Crippen LogP contribution in [0.25, 0.3) is 0 Å². The van der Waals surface area contributed by atoms with Crippen LogP contribution in [-0.4, -0.2) is 44.2 Å². The van der Waals surface area contributed by atoms with E-state index in [0.717, 1.165) is 25.0 Å². The van der Waals surface area contributed by atoms with Crippen molar-refractivity contribution >= 4 is 0 Å². The number of aliphatic hydroxyl groups is 1. The summed E-state index contributed by atoms with van der Waals surface area (Å²) in [7, 11) is 0. The summed E-state index contributed by atoms with van der Waals surface area (Å²) in [6.45, 7) is 4.91. The fraction of sp³-hybridized carbons (Fsp3) is 0.625. The molecule has 0 saturated carbocycles. The highest BCUT2D eigenvalue weighted by atomic mass is 16.5. The largest absolute Gasteiger partial charge is 0.491 e. The lowest BCUT2D eigenvalue weighted by Crippen LogP contribution is -2.24. The summed E-state index contributed by atoms with van der Waals surface area (Å²) in [5.41, 5.74) is 6.57. The molecule has 0 fully saturated rings. The Bertz CT molecular complexity index is 356. The zero-order chi connectivity index (χ0) is 15.3. The summed E-state index contributed by atoms with van der Waals surface area (Å²) < 4.78 is 16.2. The monoisotopic (exact) mass is 297 g/mol. The van der Waals surface area contributed by atoms with Crippen molar-refractivity contribution in [2.24, 2.45) is 5.73 Å². The minimum atomic E-state index is -0.644. The van der Waals surface area contributed by atoms with Gasteiger partial charge < -0.3 is 25.1 Å². The maximum Gasteiger partial charge on any atom is 0.119 e. The lowest BCUT2D eigenvalue weighted by atomic mass is 10.2. The van der Waals surface area contributed by atoms with Gasteiger partial charge in [-0.25, -0.2) is 0 Å². The normalized spacial score (nSPS) is 12.3. The topological polar surface area (TPSA) is 73.9 Å². The first-order valence-corrected chi connectivity index (χ1v) is 7.51. The highest BCUT2D eigenvalue weighted by Gasteiger charge is 2.05. The number of nitrogens with two attached hydrogens (primary N) is 1. The number of unbranched alkanes of at least 4 members (excludes halogenated alkanes) is 1. The van der Waals surface area contributed by atoms with Crippen LogP contribution >= 0.6 is 0 Å². The van der Waals surface area contributed by atoms with Crippen molar-refractivity contribution in [3.05, 3.63) is 29.8 Å². The lowest BCUT2D eigenvalue weighted by molar-refractivity contribution is -0.0111. The maximum atomic E-state index is 9.74. The average Bonchev–Trinajstić information content (AvgIpc) is 2.52. The maximum absolute atomic E-state index is 9.74. The van der Waals surface area contributed by atoms with E-state index in [2.05, 4.69) is 6.92 Å². The fourth-order valence-corrected chi connectivity index (χ4v) is 1.65. The SMILES string of the molecule is CCCCOCCOCC(O)COc1ccc(CN)cc1. The Morgan fingerprint density at radius 1 is 1.05 bits per heavy atom. The molecular formula is C16H27NO4. The molecule has 120 valence electrons. The van der Waals surface area contributed by atoms with E-state index in [-0.39, 0.29) is 13.2 Å². The van der Waals surface area contributed by atoms with Gasteiger partial charge in [0.2, 0.25) is 0 Å². The van der Waals surface area contributed by atoms with Crippen molar-refractivity contribution in [2.75, 3.05) is 33.0 Å². The molecule has 0 radical (unpaired) electrons. The third kappa shape index (κ3) is 8.67. The third-order valence-electron chi connectivity index (χ3n) is 2.93. The molecule has 0 aliphatic heterocycles. The molecule has 0 aliphatic carbocycles. The second-order valence-corrected chi connectivity index (χ2v) is 4.85. The minimum absolute atomic E-state index is 0.207. The van der Waals surface area contributed by atoms with Crippen LogP contribution in [0.1, 0.15) is 25.3 Å². The van der Waals surface area contributed by atoms with Crippen molar-refractivity contribution in [3.63, 3.8) is 0 Å². The van der Waals surface area contributed by atoms with E-state index in [4.69, 9.17) is 19.9 Å². The van der Waals surface area contributed by atoms with Crippen LogP contribution in [0, 0.1) is 0 Å². The molecule has 5 heteroatoms. The van der Waals surface area contributed by atoms with Crippen LogP contribution < -0.4 is 10.5 Å². The van der Waals surface area contributed by atoms with Crippen molar-refractivity contribution in [2.45, 2.75) is 32.4 Å². The number of rotatable bonds is 12. The highest BCUT2D eigenvalue weighted by molar-refractivity contribution is 5.27. The first-order chi connectivity index (χ1) is 10.3. The molecular weight excluding hydrogens is 270 g/mol. The first-order valence-electron chi connectivity index (χ1n) is 7.51. The predicted octanol–water partition coefficient (Wildman–Crippen LogP) is 1.72. The average molecular weight is 297 g/mol. The zero-order valence-electron chi connectivity index (χ0n) is 12.8. The molecule has 3 N–H and O–H groups in total. The zero-order valence-corrected chi connectivity index (χ0v) is 12.8. The van der Waals surface area contributed by atoms with Crippen molar-refractivity contribution < 1.29 is 19.3 Å². The molecule has 1 rings (SSSR count). The van der Waals surface area contributed by atoms with Gasteiger partial charge in [0.1, 0.15) is 18.5 Å². The van der Waals surface area contributed by atoms with Crippen LogP contribution in [0.2, 0.25) is 0 Å². The van der Waals surface area contributed by atoms with Gasteiger partial charge in [0.05, 0.1) is 19.8 Å². The van der Waals surface area contributed by atoms with E-state index < -0.39 is 6.10 Å². The molecule has 5 nitrogen and oxygen atoms in total. The second-order valence-electron chi connectivity index (χ2n) is 4.85. The lowest BCUT2D eigenvalue weighted by Gasteiger charge is -2.13. The Morgan fingerprint density at radius 2 is 1.76 bits per heavy atom. The molecule has 0 bridgehead atoms. The quantitative estimate of drug-likeness (QED) is 0.575. The predicted molar refractivity (Wildman–Crippen MR) is 82.4 cm³/mol. The van der Waals surface area contributed by atoms with E-state index in [0.29, 0.717) is 25.5 Å². The van der Waals surface area contributed by atoms with Gasteiger partial charge in [-0.2, -0.15) is 0 Å². The Kier molecular flexibility index (Phi) is 9.82. The van der Waals surface area contributed by atoms with Gasteiger partial charge in [-0.1, -0.05) is 25.5 Å². The molecule has 0 aromatic heterocycles. The molecule has 0 amide bonds. The molecule has 1 atom stereocenters. The fourth-order valence-electron chi connectivity index (χ4n) is 1.65. The first kappa shape index (κ1) is 17.9. The minimum Gasteiger partial charge on any atom is -0.491 e. The van der Waals surface area contributed by atoms with Crippen LogP contribution in [0.4, 0.5) is 0 Å². The molecule has 1 aromatic carbocycles. The summed E-state index contributed by atoms with van der Waals surface area (Å²) in [6, 6.07) is 7.51. The molecule has 0 aliphatic rings. The highest BCUT2D eigenvalue weighted by Crippen LogP contribution is 2.12. The molecule has 0 spiro atoms.